The van der Waals surface area contributed by atoms with Gasteiger partial charge in [-0.2, -0.15) is 5.26 Å². The highest BCUT2D eigenvalue weighted by Gasteiger charge is 2.23. The molecule has 16 heavy (non-hydrogen) atoms. The second kappa shape index (κ2) is 3.49. The molecule has 0 fully saturated rings. The fourth-order valence-electron chi connectivity index (χ4n) is 2.33. The molecular formula is C13H11N3. The van der Waals surface area contributed by atoms with Crippen molar-refractivity contribution in [2.45, 2.75) is 18.9 Å². The van der Waals surface area contributed by atoms with Crippen molar-refractivity contribution in [2.24, 2.45) is 0 Å². The van der Waals surface area contributed by atoms with E-state index in [2.05, 4.69) is 15.6 Å². The highest BCUT2D eigenvalue weighted by molar-refractivity contribution is 5.34. The maximum Gasteiger partial charge on any atom is 0.109 e. The van der Waals surface area contributed by atoms with E-state index in [0.29, 0.717) is 11.6 Å². The molecule has 1 aliphatic heterocycles. The Bertz CT molecular complexity index is 545. The minimum atomic E-state index is 0.394. The Hall–Kier alpha value is -2.08. The number of hydrogen-bond donors (Lipinski definition) is 0. The Morgan fingerprint density at radius 2 is 2.12 bits per heavy atom. The number of benzene rings is 1. The molecule has 1 aliphatic rings. The predicted molar refractivity (Wildman–Crippen MR) is 59.8 cm³/mol. The number of aromatic nitrogens is 2. The van der Waals surface area contributed by atoms with Gasteiger partial charge in [-0.3, -0.25) is 0 Å². The maximum absolute atomic E-state index is 8.75. The van der Waals surface area contributed by atoms with Crippen molar-refractivity contribution in [1.82, 2.24) is 9.55 Å². The lowest BCUT2D eigenvalue weighted by Gasteiger charge is -2.12. The fraction of sp³-hybridized carbons (Fsp3) is 0.231. The Balaban J connectivity index is 1.97. The first-order chi connectivity index (χ1) is 7.88. The third-order valence-electron chi connectivity index (χ3n) is 3.15. The molecule has 0 radical (unpaired) electrons. The van der Waals surface area contributed by atoms with E-state index in [-0.39, 0.29) is 0 Å². The second-order valence-corrected chi connectivity index (χ2v) is 4.04. The third kappa shape index (κ3) is 1.31. The van der Waals surface area contributed by atoms with Crippen LogP contribution in [0.1, 0.15) is 29.4 Å². The first-order valence-electron chi connectivity index (χ1n) is 5.40. The van der Waals surface area contributed by atoms with E-state index < -0.39 is 0 Å². The molecule has 1 aromatic heterocycles. The summed E-state index contributed by atoms with van der Waals surface area (Å²) in [5.74, 6) is 1.16. The summed E-state index contributed by atoms with van der Waals surface area (Å²) < 4.78 is 2.22. The van der Waals surface area contributed by atoms with Crippen LogP contribution in [0.5, 0.6) is 0 Å². The van der Waals surface area contributed by atoms with Crippen LogP contribution >= 0.6 is 0 Å². The van der Waals surface area contributed by atoms with E-state index in [1.807, 2.05) is 36.7 Å². The highest BCUT2D eigenvalue weighted by atomic mass is 15.1. The summed E-state index contributed by atoms with van der Waals surface area (Å²) in [6.45, 7) is 0. The number of rotatable bonds is 1. The predicted octanol–water partition coefficient (Wildman–Crippen LogP) is 2.29. The Morgan fingerprint density at radius 3 is 2.88 bits per heavy atom. The molecule has 0 amide bonds. The molecular weight excluding hydrogens is 198 g/mol. The summed E-state index contributed by atoms with van der Waals surface area (Å²) in [6, 6.07) is 10.4. The van der Waals surface area contributed by atoms with Crippen LogP contribution < -0.4 is 0 Å². The Labute approximate surface area is 94.0 Å². The van der Waals surface area contributed by atoms with Crippen molar-refractivity contribution < 1.29 is 0 Å². The van der Waals surface area contributed by atoms with Crippen LogP contribution in [0.15, 0.2) is 36.7 Å². The summed E-state index contributed by atoms with van der Waals surface area (Å²) in [6.07, 6.45) is 6.03. The lowest BCUT2D eigenvalue weighted by Crippen LogP contribution is -2.03. The molecule has 3 rings (SSSR count). The molecule has 3 nitrogen and oxygen atoms in total. The topological polar surface area (TPSA) is 41.6 Å². The van der Waals surface area contributed by atoms with Crippen LogP contribution in [0, 0.1) is 11.3 Å². The van der Waals surface area contributed by atoms with E-state index in [0.717, 1.165) is 18.7 Å². The Kier molecular flexibility index (Phi) is 2.00. The lowest BCUT2D eigenvalue weighted by molar-refractivity contribution is 0.621. The van der Waals surface area contributed by atoms with Gasteiger partial charge in [-0.15, -0.1) is 0 Å². The van der Waals surface area contributed by atoms with Crippen LogP contribution in [0.3, 0.4) is 0 Å². The van der Waals surface area contributed by atoms with E-state index in [1.165, 1.54) is 5.56 Å². The molecule has 2 heterocycles. The van der Waals surface area contributed by atoms with Gasteiger partial charge in [0.15, 0.2) is 0 Å². The van der Waals surface area contributed by atoms with Gasteiger partial charge in [0.2, 0.25) is 0 Å². The van der Waals surface area contributed by atoms with Gasteiger partial charge in [0.1, 0.15) is 5.82 Å². The molecule has 1 aromatic carbocycles. The summed E-state index contributed by atoms with van der Waals surface area (Å²) >= 11 is 0. The van der Waals surface area contributed by atoms with E-state index in [1.54, 1.807) is 0 Å². The van der Waals surface area contributed by atoms with Gasteiger partial charge in [-0.25, -0.2) is 4.98 Å². The molecule has 0 N–H and O–H groups in total. The molecule has 0 spiro atoms. The summed E-state index contributed by atoms with van der Waals surface area (Å²) in [5, 5.41) is 8.75. The van der Waals surface area contributed by atoms with Crippen LogP contribution in [0.2, 0.25) is 0 Å². The van der Waals surface area contributed by atoms with Gasteiger partial charge in [0.25, 0.3) is 0 Å². The van der Waals surface area contributed by atoms with Crippen molar-refractivity contribution >= 4 is 0 Å². The number of hydrogen-bond acceptors (Lipinski definition) is 2. The summed E-state index contributed by atoms with van der Waals surface area (Å²) in [4.78, 5) is 4.32. The first-order valence-corrected chi connectivity index (χ1v) is 5.40. The van der Waals surface area contributed by atoms with Gasteiger partial charge in [0.05, 0.1) is 17.7 Å². The van der Waals surface area contributed by atoms with Gasteiger partial charge < -0.3 is 4.57 Å². The SMILES string of the molecule is N#Cc1ccc(C2CCc3nccn32)cc1. The maximum atomic E-state index is 8.75. The van der Waals surface area contributed by atoms with E-state index in [9.17, 15) is 0 Å². The zero-order valence-electron chi connectivity index (χ0n) is 8.80. The fourth-order valence-corrected chi connectivity index (χ4v) is 2.33. The first kappa shape index (κ1) is 9.17. The molecule has 0 aliphatic carbocycles. The van der Waals surface area contributed by atoms with Crippen molar-refractivity contribution in [1.29, 1.82) is 5.26 Å². The average molecular weight is 209 g/mol. The molecule has 0 saturated carbocycles. The molecule has 1 atom stereocenters. The standard InChI is InChI=1S/C13H11N3/c14-9-10-1-3-11(4-2-10)12-5-6-13-15-7-8-16(12)13/h1-4,7-8,12H,5-6H2. The zero-order valence-corrected chi connectivity index (χ0v) is 8.80. The van der Waals surface area contributed by atoms with Crippen molar-refractivity contribution in [3.05, 3.63) is 53.6 Å². The molecule has 2 aromatic rings. The van der Waals surface area contributed by atoms with Crippen molar-refractivity contribution in [2.75, 3.05) is 0 Å². The number of fused-ring (bicyclic) bond motifs is 1. The lowest BCUT2D eigenvalue weighted by atomic mass is 10.0. The van der Waals surface area contributed by atoms with Gasteiger partial charge in [0, 0.05) is 18.8 Å². The van der Waals surface area contributed by atoms with Gasteiger partial charge in [-0.05, 0) is 24.1 Å². The minimum Gasteiger partial charge on any atom is -0.327 e. The van der Waals surface area contributed by atoms with Gasteiger partial charge in [-0.1, -0.05) is 12.1 Å². The largest absolute Gasteiger partial charge is 0.327 e. The number of nitriles is 1. The molecule has 3 heteroatoms. The van der Waals surface area contributed by atoms with Gasteiger partial charge >= 0.3 is 0 Å². The molecule has 78 valence electrons. The van der Waals surface area contributed by atoms with Crippen LogP contribution in [-0.4, -0.2) is 9.55 Å². The van der Waals surface area contributed by atoms with Crippen LogP contribution in [0.25, 0.3) is 0 Å². The molecule has 0 saturated heterocycles. The average Bonchev–Trinajstić information content (AvgIpc) is 2.91. The third-order valence-corrected chi connectivity index (χ3v) is 3.15. The molecule has 1 unspecified atom stereocenters. The number of aryl methyl sites for hydroxylation is 1. The number of imidazole rings is 1. The second-order valence-electron chi connectivity index (χ2n) is 4.04. The quantitative estimate of drug-likeness (QED) is 0.723. The number of nitrogens with zero attached hydrogens (tertiary/aromatic N) is 3. The van der Waals surface area contributed by atoms with Crippen LogP contribution in [0.4, 0.5) is 0 Å². The summed E-state index contributed by atoms with van der Waals surface area (Å²) in [7, 11) is 0. The highest BCUT2D eigenvalue weighted by Crippen LogP contribution is 2.30. The van der Waals surface area contributed by atoms with Crippen molar-refractivity contribution in [3.63, 3.8) is 0 Å². The Morgan fingerprint density at radius 1 is 1.31 bits per heavy atom. The van der Waals surface area contributed by atoms with E-state index >= 15 is 0 Å². The van der Waals surface area contributed by atoms with E-state index in [4.69, 9.17) is 5.26 Å². The molecule has 0 bridgehead atoms. The smallest absolute Gasteiger partial charge is 0.109 e. The summed E-state index contributed by atoms with van der Waals surface area (Å²) in [5.41, 5.74) is 1.98. The monoisotopic (exact) mass is 209 g/mol. The zero-order chi connectivity index (χ0) is 11.0. The van der Waals surface area contributed by atoms with Crippen LogP contribution in [-0.2, 0) is 6.42 Å². The minimum absolute atomic E-state index is 0.394. The van der Waals surface area contributed by atoms with Crippen molar-refractivity contribution in [3.8, 4) is 6.07 Å². The normalized spacial score (nSPS) is 18.1.